The first-order valence-corrected chi connectivity index (χ1v) is 7.94. The molecule has 0 unspecified atom stereocenters. The molecule has 2 heterocycles. The van der Waals surface area contributed by atoms with Gasteiger partial charge in [-0.05, 0) is 31.6 Å². The molecule has 0 aromatic carbocycles. The molecule has 1 aliphatic carbocycles. The predicted octanol–water partition coefficient (Wildman–Crippen LogP) is 1.11. The van der Waals surface area contributed by atoms with Crippen molar-refractivity contribution < 1.29 is 14.4 Å². The number of nitrogens with zero attached hydrogens (tertiary/aromatic N) is 2. The topological polar surface area (TPSA) is 69.7 Å². The first-order valence-electron chi connectivity index (χ1n) is 7.94. The maximum atomic E-state index is 12.5. The van der Waals surface area contributed by atoms with Crippen molar-refractivity contribution in [2.75, 3.05) is 19.6 Å². The highest BCUT2D eigenvalue weighted by Crippen LogP contribution is 2.35. The summed E-state index contributed by atoms with van der Waals surface area (Å²) in [5, 5.41) is 2.81. The molecule has 1 saturated carbocycles. The second-order valence-corrected chi connectivity index (χ2v) is 6.67. The van der Waals surface area contributed by atoms with E-state index in [4.69, 9.17) is 0 Å². The van der Waals surface area contributed by atoms with Gasteiger partial charge < -0.3 is 10.2 Å². The molecule has 1 spiro atoms. The maximum absolute atomic E-state index is 12.5. The summed E-state index contributed by atoms with van der Waals surface area (Å²) in [4.78, 5) is 39.7. The molecule has 4 amide bonds. The van der Waals surface area contributed by atoms with Gasteiger partial charge in [0.15, 0.2) is 0 Å². The lowest BCUT2D eigenvalue weighted by Crippen LogP contribution is -2.47. The van der Waals surface area contributed by atoms with E-state index in [1.807, 2.05) is 0 Å². The Labute approximate surface area is 124 Å². The lowest BCUT2D eigenvalue weighted by molar-refractivity contribution is -0.139. The van der Waals surface area contributed by atoms with Crippen LogP contribution in [0.2, 0.25) is 0 Å². The van der Waals surface area contributed by atoms with Crippen molar-refractivity contribution in [1.29, 1.82) is 0 Å². The molecular formula is C15H23N3O3. The minimum absolute atomic E-state index is 0.110. The van der Waals surface area contributed by atoms with Gasteiger partial charge in [-0.3, -0.25) is 14.5 Å². The van der Waals surface area contributed by atoms with Gasteiger partial charge in [0.2, 0.25) is 5.91 Å². The van der Waals surface area contributed by atoms with Gasteiger partial charge in [0.1, 0.15) is 12.1 Å². The summed E-state index contributed by atoms with van der Waals surface area (Å²) in [5.41, 5.74) is -0.715. The molecular weight excluding hydrogens is 270 g/mol. The molecule has 0 aromatic rings. The number of hydrogen-bond donors (Lipinski definition) is 1. The highest BCUT2D eigenvalue weighted by Gasteiger charge is 2.52. The average molecular weight is 293 g/mol. The third kappa shape index (κ3) is 2.51. The van der Waals surface area contributed by atoms with Gasteiger partial charge in [-0.1, -0.05) is 19.8 Å². The number of piperidine rings is 1. The van der Waals surface area contributed by atoms with Crippen molar-refractivity contribution in [3.05, 3.63) is 0 Å². The molecule has 6 heteroatoms. The van der Waals surface area contributed by atoms with Crippen LogP contribution in [-0.4, -0.2) is 52.8 Å². The molecule has 0 bridgehead atoms. The Balaban J connectivity index is 1.63. The first-order chi connectivity index (χ1) is 10.0. The van der Waals surface area contributed by atoms with Crippen molar-refractivity contribution in [3.63, 3.8) is 0 Å². The van der Waals surface area contributed by atoms with Crippen LogP contribution in [0.4, 0.5) is 4.79 Å². The van der Waals surface area contributed by atoms with Crippen LogP contribution in [0.15, 0.2) is 0 Å². The number of imide groups is 1. The number of urea groups is 1. The number of hydrogen-bond acceptors (Lipinski definition) is 3. The molecule has 2 saturated heterocycles. The Morgan fingerprint density at radius 1 is 1.24 bits per heavy atom. The van der Waals surface area contributed by atoms with Crippen molar-refractivity contribution in [2.45, 2.75) is 51.0 Å². The molecule has 21 heavy (non-hydrogen) atoms. The zero-order valence-electron chi connectivity index (χ0n) is 12.6. The maximum Gasteiger partial charge on any atom is 0.325 e. The van der Waals surface area contributed by atoms with Gasteiger partial charge in [0.05, 0.1) is 0 Å². The Hall–Kier alpha value is -1.59. The predicted molar refractivity (Wildman–Crippen MR) is 76.4 cm³/mol. The standard InChI is InChI=1S/C15H23N3O3/c1-11-4-8-17(9-5-11)12(19)10-18-13(20)15(16-14(18)21)6-2-3-7-15/h11H,2-10H2,1H3,(H,16,21). The first kappa shape index (κ1) is 14.4. The van der Waals surface area contributed by atoms with Crippen LogP contribution in [0.3, 0.4) is 0 Å². The molecule has 0 aromatic heterocycles. The second kappa shape index (κ2) is 5.31. The van der Waals surface area contributed by atoms with Gasteiger partial charge in [0.25, 0.3) is 5.91 Å². The zero-order valence-corrected chi connectivity index (χ0v) is 12.6. The van der Waals surface area contributed by atoms with E-state index in [9.17, 15) is 14.4 Å². The van der Waals surface area contributed by atoms with Crippen LogP contribution >= 0.6 is 0 Å². The summed E-state index contributed by atoms with van der Waals surface area (Å²) in [5.74, 6) is 0.330. The van der Waals surface area contributed by atoms with Crippen LogP contribution in [-0.2, 0) is 9.59 Å². The summed E-state index contributed by atoms with van der Waals surface area (Å²) < 4.78 is 0. The van der Waals surface area contributed by atoms with Gasteiger partial charge in [-0.2, -0.15) is 0 Å². The third-order valence-corrected chi connectivity index (χ3v) is 5.13. The summed E-state index contributed by atoms with van der Waals surface area (Å²) >= 11 is 0. The quantitative estimate of drug-likeness (QED) is 0.775. The zero-order chi connectivity index (χ0) is 15.0. The Bertz CT molecular complexity index is 463. The van der Waals surface area contributed by atoms with E-state index in [0.29, 0.717) is 18.8 Å². The summed E-state index contributed by atoms with van der Waals surface area (Å²) in [6, 6.07) is -0.402. The van der Waals surface area contributed by atoms with Gasteiger partial charge in [0, 0.05) is 13.1 Å². The molecule has 3 fully saturated rings. The monoisotopic (exact) mass is 293 g/mol. The van der Waals surface area contributed by atoms with Crippen molar-refractivity contribution in [3.8, 4) is 0 Å². The van der Waals surface area contributed by atoms with Crippen LogP contribution in [0.25, 0.3) is 0 Å². The number of likely N-dealkylation sites (tertiary alicyclic amines) is 1. The number of nitrogens with one attached hydrogen (secondary N) is 1. The highest BCUT2D eigenvalue weighted by atomic mass is 16.2. The lowest BCUT2D eigenvalue weighted by Gasteiger charge is -2.31. The fourth-order valence-electron chi connectivity index (χ4n) is 3.63. The highest BCUT2D eigenvalue weighted by molar-refractivity contribution is 6.09. The fraction of sp³-hybridized carbons (Fsp3) is 0.800. The van der Waals surface area contributed by atoms with E-state index in [0.717, 1.165) is 43.7 Å². The third-order valence-electron chi connectivity index (χ3n) is 5.13. The molecule has 0 radical (unpaired) electrons. The molecule has 3 rings (SSSR count). The van der Waals surface area contributed by atoms with E-state index >= 15 is 0 Å². The average Bonchev–Trinajstić information content (AvgIpc) is 3.01. The van der Waals surface area contributed by atoms with Crippen LogP contribution in [0, 0.1) is 5.92 Å². The Kier molecular flexibility index (Phi) is 3.63. The summed E-state index contributed by atoms with van der Waals surface area (Å²) in [6.45, 7) is 3.54. The van der Waals surface area contributed by atoms with Gasteiger partial charge in [-0.15, -0.1) is 0 Å². The number of amides is 4. The Morgan fingerprint density at radius 3 is 2.48 bits per heavy atom. The molecule has 0 atom stereocenters. The SMILES string of the molecule is CC1CCN(C(=O)CN2C(=O)NC3(CCCC3)C2=O)CC1. The number of carbonyl (C=O) groups is 3. The summed E-state index contributed by atoms with van der Waals surface area (Å²) in [6.07, 6.45) is 5.30. The molecule has 6 nitrogen and oxygen atoms in total. The van der Waals surface area contributed by atoms with Gasteiger partial charge in [-0.25, -0.2) is 4.79 Å². The van der Waals surface area contributed by atoms with Crippen LogP contribution in [0.5, 0.6) is 0 Å². The van der Waals surface area contributed by atoms with E-state index < -0.39 is 11.6 Å². The van der Waals surface area contributed by atoms with Crippen LogP contribution in [0.1, 0.15) is 45.4 Å². The lowest BCUT2D eigenvalue weighted by atomic mass is 9.98. The fourth-order valence-corrected chi connectivity index (χ4v) is 3.63. The summed E-state index contributed by atoms with van der Waals surface area (Å²) in [7, 11) is 0. The minimum atomic E-state index is -0.715. The largest absolute Gasteiger partial charge is 0.341 e. The molecule has 116 valence electrons. The van der Waals surface area contributed by atoms with E-state index in [2.05, 4.69) is 12.2 Å². The number of carbonyl (C=O) groups excluding carboxylic acids is 3. The molecule has 1 N–H and O–H groups in total. The normalized spacial score (nSPS) is 25.8. The second-order valence-electron chi connectivity index (χ2n) is 6.67. The number of rotatable bonds is 2. The van der Waals surface area contributed by atoms with Crippen LogP contribution < -0.4 is 5.32 Å². The smallest absolute Gasteiger partial charge is 0.325 e. The van der Waals surface area contributed by atoms with E-state index in [1.54, 1.807) is 4.90 Å². The Morgan fingerprint density at radius 2 is 1.86 bits per heavy atom. The van der Waals surface area contributed by atoms with Crippen molar-refractivity contribution >= 4 is 17.8 Å². The van der Waals surface area contributed by atoms with Gasteiger partial charge >= 0.3 is 6.03 Å². The van der Waals surface area contributed by atoms with Crippen molar-refractivity contribution in [2.24, 2.45) is 5.92 Å². The van der Waals surface area contributed by atoms with E-state index in [-0.39, 0.29) is 18.4 Å². The molecule has 2 aliphatic heterocycles. The molecule has 3 aliphatic rings. The minimum Gasteiger partial charge on any atom is -0.341 e. The van der Waals surface area contributed by atoms with E-state index in [1.165, 1.54) is 0 Å². The van der Waals surface area contributed by atoms with Crippen molar-refractivity contribution in [1.82, 2.24) is 15.1 Å².